The highest BCUT2D eigenvalue weighted by molar-refractivity contribution is 6.11. The zero-order valence-electron chi connectivity index (χ0n) is 29.9. The third kappa shape index (κ3) is 8.59. The van der Waals surface area contributed by atoms with E-state index in [2.05, 4.69) is 78.8 Å². The molecule has 0 bridgehead atoms. The molecule has 1 aromatic carbocycles. The van der Waals surface area contributed by atoms with Gasteiger partial charge in [0.15, 0.2) is 5.84 Å². The van der Waals surface area contributed by atoms with Gasteiger partial charge >= 0.3 is 0 Å². The van der Waals surface area contributed by atoms with Crippen LogP contribution in [0.3, 0.4) is 0 Å². The highest BCUT2D eigenvalue weighted by atomic mass is 16.6. The Bertz CT molecular complexity index is 1450. The van der Waals surface area contributed by atoms with E-state index in [9.17, 15) is 9.59 Å². The fourth-order valence-electron chi connectivity index (χ4n) is 6.69. The number of carbonyl (C=O) groups excluding carboxylic acids is 2. The first kappa shape index (κ1) is 36.1. The molecular formula is C37H55N7O3. The monoisotopic (exact) mass is 645 g/mol. The molecule has 2 heterocycles. The number of unbranched alkanes of at least 4 members (excludes halogenated alkanes) is 2. The zero-order valence-corrected chi connectivity index (χ0v) is 29.9. The molecule has 0 radical (unpaired) electrons. The summed E-state index contributed by atoms with van der Waals surface area (Å²) in [6.07, 6.45) is 11.8. The number of likely N-dealkylation sites (N-methyl/N-ethyl adjacent to an activating group) is 2. The summed E-state index contributed by atoms with van der Waals surface area (Å²) in [6.45, 7) is 19.3. The van der Waals surface area contributed by atoms with Crippen LogP contribution in [-0.2, 0) is 20.7 Å². The molecular weight excluding hydrogens is 590 g/mol. The smallest absolute Gasteiger partial charge is 0.259 e. The summed E-state index contributed by atoms with van der Waals surface area (Å²) in [7, 11) is 3.73. The van der Waals surface area contributed by atoms with Gasteiger partial charge in [0.25, 0.3) is 5.91 Å². The number of carbonyl (C=O) groups is 2. The maximum atomic E-state index is 13.4. The van der Waals surface area contributed by atoms with Crippen LogP contribution in [0.5, 0.6) is 0 Å². The lowest BCUT2D eigenvalue weighted by molar-refractivity contribution is -0.210. The molecule has 3 aliphatic rings. The highest BCUT2D eigenvalue weighted by Gasteiger charge is 2.37. The van der Waals surface area contributed by atoms with Crippen molar-refractivity contribution in [1.82, 2.24) is 20.0 Å². The van der Waals surface area contributed by atoms with Crippen LogP contribution >= 0.6 is 0 Å². The summed E-state index contributed by atoms with van der Waals surface area (Å²) in [5.41, 5.74) is 4.01. The Morgan fingerprint density at radius 2 is 1.72 bits per heavy atom. The van der Waals surface area contributed by atoms with Gasteiger partial charge in [-0.3, -0.25) is 19.5 Å². The molecule has 0 aromatic heterocycles. The fourth-order valence-corrected chi connectivity index (χ4v) is 6.69. The lowest BCUT2D eigenvalue weighted by Gasteiger charge is -2.47. The number of amides is 2. The summed E-state index contributed by atoms with van der Waals surface area (Å²) < 4.78 is 6.51. The SMILES string of the molecule is C=N/C=C1\C(=Nc2ccc(N3CCN(C(C)(C)OC(C)(C)NC(=O)CCCCC)CC3)cc2CC)N(C)C2=CCCC=C2C(=O)N1C. The van der Waals surface area contributed by atoms with Gasteiger partial charge in [-0.15, -0.1) is 0 Å². The molecule has 0 spiro atoms. The fraction of sp³-hybridized carbons (Fsp3) is 0.568. The van der Waals surface area contributed by atoms with Crippen molar-refractivity contribution >= 4 is 35.7 Å². The van der Waals surface area contributed by atoms with E-state index in [1.165, 1.54) is 0 Å². The average molecular weight is 646 g/mol. The largest absolute Gasteiger partial charge is 0.369 e. The Labute approximate surface area is 281 Å². The van der Waals surface area contributed by atoms with Gasteiger partial charge in [0.2, 0.25) is 5.91 Å². The second-order valence-electron chi connectivity index (χ2n) is 13.5. The quantitative estimate of drug-likeness (QED) is 0.167. The number of nitrogens with zero attached hydrogens (tertiary/aromatic N) is 6. The molecule has 10 nitrogen and oxygen atoms in total. The predicted octanol–water partition coefficient (Wildman–Crippen LogP) is 6.14. The highest BCUT2D eigenvalue weighted by Crippen LogP contribution is 2.34. The van der Waals surface area contributed by atoms with Crippen LogP contribution < -0.4 is 10.2 Å². The van der Waals surface area contributed by atoms with E-state index in [1.807, 2.05) is 31.9 Å². The molecule has 1 aromatic rings. The molecule has 2 fully saturated rings. The Hall–Kier alpha value is -3.76. The van der Waals surface area contributed by atoms with Crippen molar-refractivity contribution in [3.05, 3.63) is 59.1 Å². The maximum absolute atomic E-state index is 13.4. The number of hydrogen-bond donors (Lipinski definition) is 1. The van der Waals surface area contributed by atoms with Crippen LogP contribution in [-0.4, -0.2) is 90.8 Å². The van der Waals surface area contributed by atoms with Crippen molar-refractivity contribution in [2.75, 3.05) is 45.2 Å². The van der Waals surface area contributed by atoms with Crippen molar-refractivity contribution in [3.63, 3.8) is 0 Å². The first-order valence-corrected chi connectivity index (χ1v) is 17.1. The second-order valence-corrected chi connectivity index (χ2v) is 13.5. The van der Waals surface area contributed by atoms with Crippen molar-refractivity contribution in [3.8, 4) is 0 Å². The van der Waals surface area contributed by atoms with Gasteiger partial charge in [0.1, 0.15) is 17.1 Å². The third-order valence-corrected chi connectivity index (χ3v) is 9.18. The number of nitrogens with one attached hydrogen (secondary N) is 1. The van der Waals surface area contributed by atoms with Crippen molar-refractivity contribution in [1.29, 1.82) is 0 Å². The number of aryl methyl sites for hydroxylation is 1. The third-order valence-electron chi connectivity index (χ3n) is 9.18. The number of allylic oxidation sites excluding steroid dienone is 2. The minimum atomic E-state index is -0.771. The van der Waals surface area contributed by atoms with Crippen molar-refractivity contribution in [2.24, 2.45) is 9.98 Å². The van der Waals surface area contributed by atoms with Crippen LogP contribution in [0.2, 0.25) is 0 Å². The Morgan fingerprint density at radius 1 is 1.02 bits per heavy atom. The van der Waals surface area contributed by atoms with E-state index >= 15 is 0 Å². The number of amidine groups is 1. The van der Waals surface area contributed by atoms with Crippen LogP contribution in [0.1, 0.15) is 85.6 Å². The molecule has 1 aliphatic carbocycles. The van der Waals surface area contributed by atoms with Crippen LogP contribution in [0, 0.1) is 0 Å². The number of rotatable bonds is 12. The number of ether oxygens (including phenoxy) is 1. The molecule has 1 N–H and O–H groups in total. The number of anilines is 1. The van der Waals surface area contributed by atoms with Gasteiger partial charge in [-0.1, -0.05) is 38.8 Å². The topological polar surface area (TPSA) is 93.1 Å². The standard InChI is InChI=1S/C37H55N7O3/c1-10-12-13-18-33(45)40-36(3,4)47-37(5,6)44-23-21-43(22-24-44)28-19-20-30(27(11-2)25-28)39-34-32(26-38-7)42(9)35(46)29-16-14-15-17-31(29)41(34)8/h16-17,19-20,25-26H,7,10-15,18,21-24H2,1-6,8-9H3,(H,40,45)/b32-26+,39-34?. The molecule has 2 aliphatic heterocycles. The first-order chi connectivity index (χ1) is 22.3. The molecule has 256 valence electrons. The van der Waals surface area contributed by atoms with Gasteiger partial charge in [-0.05, 0) is 83.9 Å². The number of benzene rings is 1. The molecule has 0 saturated carbocycles. The van der Waals surface area contributed by atoms with Gasteiger partial charge in [0.05, 0.1) is 23.2 Å². The zero-order chi connectivity index (χ0) is 34.4. The number of hydrogen-bond acceptors (Lipinski definition) is 7. The average Bonchev–Trinajstić information content (AvgIpc) is 3.11. The van der Waals surface area contributed by atoms with Crippen molar-refractivity contribution in [2.45, 2.75) is 97.9 Å². The lowest BCUT2D eigenvalue weighted by Crippen LogP contribution is -2.60. The first-order valence-electron chi connectivity index (χ1n) is 17.1. The molecule has 2 saturated heterocycles. The van der Waals surface area contributed by atoms with Crippen LogP contribution in [0.15, 0.2) is 63.5 Å². The normalized spacial score (nSPS) is 19.8. The minimum Gasteiger partial charge on any atom is -0.369 e. The summed E-state index contributed by atoms with van der Waals surface area (Å²) in [5, 5.41) is 3.08. The lowest BCUT2D eigenvalue weighted by atomic mass is 10.0. The minimum absolute atomic E-state index is 0.0351. The van der Waals surface area contributed by atoms with Gasteiger partial charge < -0.3 is 24.8 Å². The number of aliphatic imine (C=N–C) groups is 2. The molecule has 2 amide bonds. The molecule has 47 heavy (non-hydrogen) atoms. The number of piperazine rings is 1. The summed E-state index contributed by atoms with van der Waals surface area (Å²) in [5.74, 6) is 0.619. The summed E-state index contributed by atoms with van der Waals surface area (Å²) in [4.78, 5) is 43.4. The predicted molar refractivity (Wildman–Crippen MR) is 192 cm³/mol. The van der Waals surface area contributed by atoms with E-state index in [1.54, 1.807) is 18.1 Å². The van der Waals surface area contributed by atoms with Crippen LogP contribution in [0.4, 0.5) is 11.4 Å². The van der Waals surface area contributed by atoms with Gasteiger partial charge in [-0.25, -0.2) is 4.99 Å². The van der Waals surface area contributed by atoms with Crippen molar-refractivity contribution < 1.29 is 14.3 Å². The van der Waals surface area contributed by atoms with E-state index < -0.39 is 11.4 Å². The molecule has 4 rings (SSSR count). The van der Waals surface area contributed by atoms with E-state index in [-0.39, 0.29) is 11.8 Å². The summed E-state index contributed by atoms with van der Waals surface area (Å²) in [6, 6.07) is 6.45. The Morgan fingerprint density at radius 3 is 2.38 bits per heavy atom. The Balaban J connectivity index is 1.49. The molecule has 0 unspecified atom stereocenters. The van der Waals surface area contributed by atoms with Crippen LogP contribution in [0.25, 0.3) is 0 Å². The molecule has 0 atom stereocenters. The number of fused-ring (bicyclic) bond motifs is 1. The van der Waals surface area contributed by atoms with E-state index in [0.29, 0.717) is 23.5 Å². The maximum Gasteiger partial charge on any atom is 0.259 e. The van der Waals surface area contributed by atoms with E-state index in [0.717, 1.165) is 87.3 Å². The Kier molecular flexibility index (Phi) is 11.8. The molecule has 10 heteroatoms. The van der Waals surface area contributed by atoms with Gasteiger partial charge in [0, 0.05) is 52.4 Å². The van der Waals surface area contributed by atoms with E-state index in [4.69, 9.17) is 9.73 Å². The second kappa shape index (κ2) is 15.4. The van der Waals surface area contributed by atoms with Gasteiger partial charge in [-0.2, -0.15) is 0 Å². The summed E-state index contributed by atoms with van der Waals surface area (Å²) >= 11 is 0.